The highest BCUT2D eigenvalue weighted by molar-refractivity contribution is 6.30. The van der Waals surface area contributed by atoms with E-state index in [0.717, 1.165) is 12.1 Å². The van der Waals surface area contributed by atoms with Crippen molar-refractivity contribution in [1.29, 1.82) is 0 Å². The van der Waals surface area contributed by atoms with Gasteiger partial charge < -0.3 is 9.47 Å². The summed E-state index contributed by atoms with van der Waals surface area (Å²) in [6, 6.07) is 6.36. The molecule has 0 saturated heterocycles. The first-order chi connectivity index (χ1) is 9.95. The molecule has 8 nitrogen and oxygen atoms in total. The third-order valence-corrected chi connectivity index (χ3v) is 3.00. The Morgan fingerprint density at radius 2 is 1.67 bits per heavy atom. The van der Waals surface area contributed by atoms with Crippen LogP contribution in [0.4, 0.5) is 11.4 Å². The molecule has 1 heterocycles. The molecule has 1 aliphatic heterocycles. The molecule has 9 heteroatoms. The maximum Gasteiger partial charge on any atom is 0.322 e. The van der Waals surface area contributed by atoms with E-state index in [1.807, 2.05) is 0 Å². The Bertz CT molecular complexity index is 792. The third-order valence-electron chi connectivity index (χ3n) is 2.77. The van der Waals surface area contributed by atoms with Crippen molar-refractivity contribution >= 4 is 23.0 Å². The van der Waals surface area contributed by atoms with E-state index < -0.39 is 21.2 Å². The Kier molecular flexibility index (Phi) is 2.88. The summed E-state index contributed by atoms with van der Waals surface area (Å²) in [6.07, 6.45) is 0. The molecule has 0 radical (unpaired) electrons. The fraction of sp³-hybridized carbons (Fsp3) is 0. The molecule has 0 spiro atoms. The van der Waals surface area contributed by atoms with Gasteiger partial charge in [-0.1, -0.05) is 11.6 Å². The van der Waals surface area contributed by atoms with Crippen molar-refractivity contribution in [1.82, 2.24) is 0 Å². The number of ether oxygens (including phenoxy) is 2. The average Bonchev–Trinajstić information content (AvgIpc) is 2.43. The second-order valence-electron chi connectivity index (χ2n) is 4.10. The molecule has 0 aromatic heterocycles. The molecule has 0 bridgehead atoms. The van der Waals surface area contributed by atoms with Crippen LogP contribution >= 0.6 is 11.6 Å². The summed E-state index contributed by atoms with van der Waals surface area (Å²) >= 11 is 5.82. The SMILES string of the molecule is O=[N+]([O-])c1cc2c(c([N+](=O)[O-])c1)Oc1ccc(Cl)cc1O2. The minimum absolute atomic E-state index is 0.106. The van der Waals surface area contributed by atoms with Gasteiger partial charge in [-0.05, 0) is 12.1 Å². The standard InChI is InChI=1S/C12H5ClN2O6/c13-6-1-2-9-10(3-6)20-11-5-7(14(16)17)4-8(15(18)19)12(11)21-9/h1-5H. The van der Waals surface area contributed by atoms with Crippen LogP contribution < -0.4 is 9.47 Å². The van der Waals surface area contributed by atoms with Gasteiger partial charge >= 0.3 is 5.69 Å². The molecular weight excluding hydrogens is 304 g/mol. The summed E-state index contributed by atoms with van der Waals surface area (Å²) in [5.41, 5.74) is -1.01. The predicted molar refractivity (Wildman–Crippen MR) is 71.4 cm³/mol. The van der Waals surface area contributed by atoms with Crippen molar-refractivity contribution in [2.75, 3.05) is 0 Å². The fourth-order valence-electron chi connectivity index (χ4n) is 1.87. The molecule has 3 rings (SSSR count). The van der Waals surface area contributed by atoms with Crippen LogP contribution in [0.2, 0.25) is 5.02 Å². The van der Waals surface area contributed by atoms with Crippen LogP contribution in [0.3, 0.4) is 0 Å². The van der Waals surface area contributed by atoms with E-state index in [-0.39, 0.29) is 23.0 Å². The zero-order chi connectivity index (χ0) is 15.1. The Labute approximate surface area is 121 Å². The van der Waals surface area contributed by atoms with Crippen molar-refractivity contribution in [3.63, 3.8) is 0 Å². The number of nitrogens with zero attached hydrogens (tertiary/aromatic N) is 2. The van der Waals surface area contributed by atoms with E-state index in [2.05, 4.69) is 0 Å². The number of hydrogen-bond acceptors (Lipinski definition) is 6. The average molecular weight is 309 g/mol. The van der Waals surface area contributed by atoms with Crippen molar-refractivity contribution in [2.24, 2.45) is 0 Å². The van der Waals surface area contributed by atoms with E-state index in [4.69, 9.17) is 21.1 Å². The van der Waals surface area contributed by atoms with E-state index in [1.165, 1.54) is 18.2 Å². The van der Waals surface area contributed by atoms with E-state index >= 15 is 0 Å². The molecule has 0 fully saturated rings. The van der Waals surface area contributed by atoms with Crippen molar-refractivity contribution < 1.29 is 19.3 Å². The first kappa shape index (κ1) is 13.1. The Balaban J connectivity index is 2.18. The summed E-state index contributed by atoms with van der Waals surface area (Å²) in [6.45, 7) is 0. The summed E-state index contributed by atoms with van der Waals surface area (Å²) in [5, 5.41) is 22.2. The molecule has 106 valence electrons. The largest absolute Gasteiger partial charge is 0.449 e. The molecule has 0 unspecified atom stereocenters. The number of hydrogen-bond donors (Lipinski definition) is 0. The number of rotatable bonds is 2. The number of fused-ring (bicyclic) bond motifs is 2. The summed E-state index contributed by atoms with van der Waals surface area (Å²) in [4.78, 5) is 20.4. The monoisotopic (exact) mass is 308 g/mol. The zero-order valence-corrected chi connectivity index (χ0v) is 10.9. The highest BCUT2D eigenvalue weighted by Crippen LogP contribution is 2.51. The van der Waals surface area contributed by atoms with Crippen LogP contribution in [0.5, 0.6) is 23.0 Å². The molecule has 0 amide bonds. The summed E-state index contributed by atoms with van der Waals surface area (Å²) in [5.74, 6) is 0.180. The second kappa shape index (κ2) is 4.60. The van der Waals surface area contributed by atoms with Crippen LogP contribution in [0, 0.1) is 20.2 Å². The minimum atomic E-state index is -0.768. The number of benzene rings is 2. The molecular formula is C12H5ClN2O6. The lowest BCUT2D eigenvalue weighted by Gasteiger charge is -2.20. The van der Waals surface area contributed by atoms with E-state index in [0.29, 0.717) is 5.02 Å². The number of nitro benzene ring substituents is 2. The lowest BCUT2D eigenvalue weighted by Crippen LogP contribution is -2.03. The predicted octanol–water partition coefficient (Wildman–Crippen LogP) is 4.05. The topological polar surface area (TPSA) is 105 Å². The molecule has 1 aliphatic rings. The maximum absolute atomic E-state index is 11.0. The van der Waals surface area contributed by atoms with E-state index in [9.17, 15) is 20.2 Å². The van der Waals surface area contributed by atoms with Gasteiger partial charge in [-0.2, -0.15) is 0 Å². The van der Waals surface area contributed by atoms with Crippen LogP contribution in [0.25, 0.3) is 0 Å². The van der Waals surface area contributed by atoms with Crippen molar-refractivity contribution in [3.05, 3.63) is 55.6 Å². The third kappa shape index (κ3) is 2.21. The summed E-state index contributed by atoms with van der Waals surface area (Å²) in [7, 11) is 0. The van der Waals surface area contributed by atoms with Crippen LogP contribution in [-0.4, -0.2) is 9.85 Å². The van der Waals surface area contributed by atoms with Crippen LogP contribution in [0.15, 0.2) is 30.3 Å². The smallest absolute Gasteiger partial charge is 0.322 e. The first-order valence-corrected chi connectivity index (χ1v) is 5.95. The lowest BCUT2D eigenvalue weighted by atomic mass is 10.2. The molecule has 0 aliphatic carbocycles. The second-order valence-corrected chi connectivity index (χ2v) is 4.54. The normalized spacial score (nSPS) is 11.7. The highest BCUT2D eigenvalue weighted by atomic mass is 35.5. The van der Waals surface area contributed by atoms with Gasteiger partial charge in [-0.15, -0.1) is 0 Å². The fourth-order valence-corrected chi connectivity index (χ4v) is 2.03. The molecule has 0 atom stereocenters. The van der Waals surface area contributed by atoms with Gasteiger partial charge in [0.1, 0.15) is 0 Å². The number of nitro groups is 2. The van der Waals surface area contributed by atoms with E-state index in [1.54, 1.807) is 0 Å². The van der Waals surface area contributed by atoms with Gasteiger partial charge in [0, 0.05) is 11.1 Å². The lowest BCUT2D eigenvalue weighted by molar-refractivity contribution is -0.394. The van der Waals surface area contributed by atoms with Gasteiger partial charge in [-0.25, -0.2) is 0 Å². The Hall–Kier alpha value is -2.87. The Morgan fingerprint density at radius 1 is 0.905 bits per heavy atom. The molecule has 21 heavy (non-hydrogen) atoms. The zero-order valence-electron chi connectivity index (χ0n) is 10.1. The maximum atomic E-state index is 11.0. The minimum Gasteiger partial charge on any atom is -0.449 e. The van der Waals surface area contributed by atoms with Crippen molar-refractivity contribution in [3.8, 4) is 23.0 Å². The Morgan fingerprint density at radius 3 is 2.33 bits per heavy atom. The van der Waals surface area contributed by atoms with Crippen LogP contribution in [-0.2, 0) is 0 Å². The molecule has 0 saturated carbocycles. The molecule has 2 aromatic rings. The first-order valence-electron chi connectivity index (χ1n) is 5.58. The van der Waals surface area contributed by atoms with Crippen molar-refractivity contribution in [2.45, 2.75) is 0 Å². The number of halogens is 1. The molecule has 0 N–H and O–H groups in total. The van der Waals surface area contributed by atoms with Gasteiger partial charge in [0.15, 0.2) is 17.2 Å². The van der Waals surface area contributed by atoms with Gasteiger partial charge in [-0.3, -0.25) is 20.2 Å². The van der Waals surface area contributed by atoms with Gasteiger partial charge in [0.25, 0.3) is 5.69 Å². The van der Waals surface area contributed by atoms with Crippen LogP contribution in [0.1, 0.15) is 0 Å². The highest BCUT2D eigenvalue weighted by Gasteiger charge is 2.31. The summed E-state index contributed by atoms with van der Waals surface area (Å²) < 4.78 is 10.8. The quantitative estimate of drug-likeness (QED) is 0.522. The molecule has 2 aromatic carbocycles. The van der Waals surface area contributed by atoms with Gasteiger partial charge in [0.2, 0.25) is 5.75 Å². The number of non-ortho nitro benzene ring substituents is 1. The van der Waals surface area contributed by atoms with Gasteiger partial charge in [0.05, 0.1) is 22.0 Å².